The van der Waals surface area contributed by atoms with Crippen molar-refractivity contribution in [2.24, 2.45) is 0 Å². The summed E-state index contributed by atoms with van der Waals surface area (Å²) in [5.74, 6) is -0.357. The Morgan fingerprint density at radius 3 is 2.75 bits per heavy atom. The Kier molecular flexibility index (Phi) is 5.73. The Hall–Kier alpha value is -1.38. The molecule has 4 N–H and O–H groups in total. The summed E-state index contributed by atoms with van der Waals surface area (Å²) in [6.45, 7) is 3.84. The highest BCUT2D eigenvalue weighted by molar-refractivity contribution is 7.89. The number of nitrogens with one attached hydrogen (secondary N) is 2. The molecule has 20 heavy (non-hydrogen) atoms. The van der Waals surface area contributed by atoms with Crippen LogP contribution >= 0.6 is 11.6 Å². The maximum absolute atomic E-state index is 12.1. The molecule has 0 aliphatic heterocycles. The molecule has 0 saturated heterocycles. The number of amides is 1. The van der Waals surface area contributed by atoms with Crippen LogP contribution in [0.2, 0.25) is 5.02 Å². The fourth-order valence-corrected chi connectivity index (χ4v) is 2.74. The lowest BCUT2D eigenvalue weighted by Gasteiger charge is -2.14. The van der Waals surface area contributed by atoms with Crippen molar-refractivity contribution in [3.05, 3.63) is 17.3 Å². The van der Waals surface area contributed by atoms with Gasteiger partial charge in [0.15, 0.2) is 0 Å². The first-order chi connectivity index (χ1) is 9.27. The smallest absolute Gasteiger partial charge is 0.242 e. The average Bonchev–Trinajstić information content (AvgIpc) is 2.38. The van der Waals surface area contributed by atoms with E-state index in [2.05, 4.69) is 15.0 Å². The van der Waals surface area contributed by atoms with Gasteiger partial charge in [-0.25, -0.2) is 13.4 Å². The molecule has 0 saturated carbocycles. The molecule has 0 fully saturated rings. The summed E-state index contributed by atoms with van der Waals surface area (Å²) in [7, 11) is -3.88. The van der Waals surface area contributed by atoms with E-state index in [-0.39, 0.29) is 15.7 Å². The number of hydrogen-bond acceptors (Lipinski definition) is 5. The zero-order chi connectivity index (χ0) is 15.3. The molecule has 1 aromatic heterocycles. The first-order valence-electron chi connectivity index (χ1n) is 5.99. The Morgan fingerprint density at radius 2 is 2.20 bits per heavy atom. The molecule has 1 aromatic rings. The van der Waals surface area contributed by atoms with Crippen molar-refractivity contribution < 1.29 is 13.2 Å². The summed E-state index contributed by atoms with van der Waals surface area (Å²) >= 11 is 5.73. The number of halogens is 1. The van der Waals surface area contributed by atoms with Gasteiger partial charge in [-0.3, -0.25) is 4.79 Å². The van der Waals surface area contributed by atoms with Gasteiger partial charge < -0.3 is 11.1 Å². The van der Waals surface area contributed by atoms with Crippen LogP contribution < -0.4 is 15.8 Å². The van der Waals surface area contributed by atoms with Crippen LogP contribution in [0.4, 0.5) is 5.82 Å². The predicted molar refractivity (Wildman–Crippen MR) is 76.7 cm³/mol. The van der Waals surface area contributed by atoms with Gasteiger partial charge in [0, 0.05) is 12.7 Å². The van der Waals surface area contributed by atoms with Crippen LogP contribution in [-0.2, 0) is 14.8 Å². The monoisotopic (exact) mass is 320 g/mol. The number of sulfonamides is 1. The van der Waals surface area contributed by atoms with E-state index in [9.17, 15) is 13.2 Å². The number of nitrogens with zero attached hydrogens (tertiary/aromatic N) is 1. The summed E-state index contributed by atoms with van der Waals surface area (Å²) in [5, 5.41) is 2.64. The normalized spacial score (nSPS) is 12.9. The Morgan fingerprint density at radius 1 is 1.55 bits per heavy atom. The molecule has 0 radical (unpaired) electrons. The SMILES string of the molecule is CCCNC(=O)C(C)NS(=O)(=O)c1cnc(N)c(Cl)c1. The van der Waals surface area contributed by atoms with Crippen LogP contribution in [0.15, 0.2) is 17.2 Å². The van der Waals surface area contributed by atoms with Crippen LogP contribution in [0, 0.1) is 0 Å². The van der Waals surface area contributed by atoms with Crippen LogP contribution in [0.3, 0.4) is 0 Å². The number of hydrogen-bond donors (Lipinski definition) is 3. The van der Waals surface area contributed by atoms with Gasteiger partial charge in [0.2, 0.25) is 15.9 Å². The average molecular weight is 321 g/mol. The second-order valence-electron chi connectivity index (χ2n) is 4.17. The molecule has 0 aliphatic carbocycles. The van der Waals surface area contributed by atoms with Crippen LogP contribution in [0.5, 0.6) is 0 Å². The van der Waals surface area contributed by atoms with Gasteiger partial charge in [-0.2, -0.15) is 4.72 Å². The van der Waals surface area contributed by atoms with Crippen LogP contribution in [0.25, 0.3) is 0 Å². The Labute approximate surface area is 123 Å². The summed E-state index contributed by atoms with van der Waals surface area (Å²) in [6.07, 6.45) is 1.85. The molecule has 1 amide bonds. The highest BCUT2D eigenvalue weighted by Gasteiger charge is 2.22. The predicted octanol–water partition coefficient (Wildman–Crippen LogP) is 0.510. The molecule has 0 spiro atoms. The van der Waals surface area contributed by atoms with E-state index in [1.807, 2.05) is 6.92 Å². The van der Waals surface area contributed by atoms with Gasteiger partial charge in [0.25, 0.3) is 0 Å². The summed E-state index contributed by atoms with van der Waals surface area (Å²) in [6, 6.07) is 0.283. The molecule has 0 aromatic carbocycles. The number of pyridine rings is 1. The van der Waals surface area contributed by atoms with Crippen molar-refractivity contribution in [1.29, 1.82) is 0 Å². The maximum atomic E-state index is 12.1. The largest absolute Gasteiger partial charge is 0.382 e. The number of rotatable bonds is 6. The molecule has 112 valence electrons. The van der Waals surface area contributed by atoms with E-state index in [1.165, 1.54) is 13.0 Å². The maximum Gasteiger partial charge on any atom is 0.242 e. The third kappa shape index (κ3) is 4.32. The van der Waals surface area contributed by atoms with Gasteiger partial charge in [0.1, 0.15) is 10.7 Å². The van der Waals surface area contributed by atoms with Crippen LogP contribution in [-0.4, -0.2) is 31.9 Å². The lowest BCUT2D eigenvalue weighted by atomic mass is 10.3. The van der Waals surface area contributed by atoms with E-state index >= 15 is 0 Å². The molecule has 7 nitrogen and oxygen atoms in total. The summed E-state index contributed by atoms with van der Waals surface area (Å²) in [4.78, 5) is 15.2. The highest BCUT2D eigenvalue weighted by atomic mass is 35.5. The van der Waals surface area contributed by atoms with Crippen molar-refractivity contribution in [2.45, 2.75) is 31.2 Å². The fourth-order valence-electron chi connectivity index (χ4n) is 1.33. The van der Waals surface area contributed by atoms with Gasteiger partial charge >= 0.3 is 0 Å². The molecule has 9 heteroatoms. The molecule has 1 rings (SSSR count). The molecule has 1 atom stereocenters. The number of nitrogens with two attached hydrogens (primary N) is 1. The number of carbonyl (C=O) groups is 1. The number of anilines is 1. The quantitative estimate of drug-likeness (QED) is 0.706. The zero-order valence-corrected chi connectivity index (χ0v) is 12.8. The van der Waals surface area contributed by atoms with E-state index in [0.717, 1.165) is 12.6 Å². The lowest BCUT2D eigenvalue weighted by molar-refractivity contribution is -0.122. The Balaban J connectivity index is 2.84. The number of aromatic nitrogens is 1. The van der Waals surface area contributed by atoms with Gasteiger partial charge in [0.05, 0.1) is 11.1 Å². The van der Waals surface area contributed by atoms with Crippen molar-refractivity contribution in [2.75, 3.05) is 12.3 Å². The Bertz CT molecular complexity index is 591. The first kappa shape index (κ1) is 16.7. The second kappa shape index (κ2) is 6.87. The molecule has 0 bridgehead atoms. The minimum Gasteiger partial charge on any atom is -0.382 e. The number of nitrogen functional groups attached to an aromatic ring is 1. The minimum absolute atomic E-state index is 0.0379. The van der Waals surface area contributed by atoms with Crippen molar-refractivity contribution in [1.82, 2.24) is 15.0 Å². The van der Waals surface area contributed by atoms with Gasteiger partial charge in [-0.05, 0) is 19.4 Å². The highest BCUT2D eigenvalue weighted by Crippen LogP contribution is 2.19. The van der Waals surface area contributed by atoms with E-state index in [4.69, 9.17) is 17.3 Å². The molecule has 1 heterocycles. The second-order valence-corrected chi connectivity index (χ2v) is 6.29. The van der Waals surface area contributed by atoms with E-state index in [0.29, 0.717) is 6.54 Å². The number of carbonyl (C=O) groups excluding carboxylic acids is 1. The van der Waals surface area contributed by atoms with E-state index in [1.54, 1.807) is 0 Å². The van der Waals surface area contributed by atoms with Gasteiger partial charge in [-0.15, -0.1) is 0 Å². The third-order valence-corrected chi connectivity index (χ3v) is 4.24. The molecule has 1 unspecified atom stereocenters. The van der Waals surface area contributed by atoms with Crippen molar-refractivity contribution >= 4 is 33.3 Å². The molecular formula is C11H17ClN4O3S. The zero-order valence-electron chi connectivity index (χ0n) is 11.2. The third-order valence-electron chi connectivity index (χ3n) is 2.43. The minimum atomic E-state index is -3.88. The van der Waals surface area contributed by atoms with Crippen molar-refractivity contribution in [3.8, 4) is 0 Å². The fraction of sp³-hybridized carbons (Fsp3) is 0.455. The lowest BCUT2D eigenvalue weighted by Crippen LogP contribution is -2.44. The van der Waals surface area contributed by atoms with Crippen molar-refractivity contribution in [3.63, 3.8) is 0 Å². The summed E-state index contributed by atoms with van der Waals surface area (Å²) in [5.41, 5.74) is 5.41. The molecule has 0 aliphatic rings. The first-order valence-corrected chi connectivity index (χ1v) is 7.85. The standard InChI is InChI=1S/C11H17ClN4O3S/c1-3-4-14-11(17)7(2)16-20(18,19)8-5-9(12)10(13)15-6-8/h5-7,16H,3-4H2,1-2H3,(H2,13,15)(H,14,17). The summed E-state index contributed by atoms with van der Waals surface area (Å²) < 4.78 is 26.4. The topological polar surface area (TPSA) is 114 Å². The van der Waals surface area contributed by atoms with E-state index < -0.39 is 22.0 Å². The molecular weight excluding hydrogens is 304 g/mol. The van der Waals surface area contributed by atoms with Crippen LogP contribution in [0.1, 0.15) is 20.3 Å². The van der Waals surface area contributed by atoms with Gasteiger partial charge in [-0.1, -0.05) is 18.5 Å².